The quantitative estimate of drug-likeness (QED) is 0.464. The number of fused-ring (bicyclic) bond motifs is 2. The number of carbonyl (C=O) groups is 1. The number of hydrogen-bond donors (Lipinski definition) is 1. The summed E-state index contributed by atoms with van der Waals surface area (Å²) in [5.74, 6) is 0.386. The summed E-state index contributed by atoms with van der Waals surface area (Å²) in [6.07, 6.45) is 2.37. The third-order valence-electron chi connectivity index (χ3n) is 5.20. The fraction of sp³-hybridized carbons (Fsp3) is 0.261. The van der Waals surface area contributed by atoms with Gasteiger partial charge in [0.05, 0.1) is 12.5 Å². The highest BCUT2D eigenvalue weighted by atomic mass is 16.5. The first kappa shape index (κ1) is 20.6. The van der Waals surface area contributed by atoms with E-state index in [-0.39, 0.29) is 11.5 Å². The van der Waals surface area contributed by atoms with Gasteiger partial charge in [-0.05, 0) is 55.3 Å². The van der Waals surface area contributed by atoms with Gasteiger partial charge < -0.3 is 19.4 Å². The number of ether oxygens (including phenoxy) is 2. The van der Waals surface area contributed by atoms with Crippen LogP contribution in [0.4, 0.5) is 5.69 Å². The van der Waals surface area contributed by atoms with Crippen LogP contribution in [-0.2, 0) is 11.3 Å². The number of pyridine rings is 1. The number of nitrogens with one attached hydrogen (secondary N) is 1. The normalized spacial score (nSPS) is 11.2. The van der Waals surface area contributed by atoms with E-state index in [0.29, 0.717) is 53.4 Å². The lowest BCUT2D eigenvalue weighted by Crippen LogP contribution is -2.18. The molecule has 0 bridgehead atoms. The molecule has 1 amide bonds. The average molecular weight is 420 g/mol. The van der Waals surface area contributed by atoms with E-state index < -0.39 is 0 Å². The van der Waals surface area contributed by atoms with Gasteiger partial charge in [0.2, 0.25) is 0 Å². The SMILES string of the molecule is COCCCn1c(C(=O)Nc2ccc(OC)cc2)cc2c(=O)n3cccc(C)c3nc21. The maximum atomic E-state index is 13.1. The van der Waals surface area contributed by atoms with Crippen LogP contribution in [0.1, 0.15) is 22.5 Å². The zero-order chi connectivity index (χ0) is 22.0. The molecule has 0 fully saturated rings. The Kier molecular flexibility index (Phi) is 5.73. The van der Waals surface area contributed by atoms with Gasteiger partial charge in [0.25, 0.3) is 11.5 Å². The second-order valence-corrected chi connectivity index (χ2v) is 7.25. The number of anilines is 1. The Morgan fingerprint density at radius 1 is 1.13 bits per heavy atom. The fourth-order valence-corrected chi connectivity index (χ4v) is 3.61. The highest BCUT2D eigenvalue weighted by molar-refractivity contribution is 6.06. The van der Waals surface area contributed by atoms with E-state index in [0.717, 1.165) is 5.56 Å². The Morgan fingerprint density at radius 3 is 2.61 bits per heavy atom. The van der Waals surface area contributed by atoms with Gasteiger partial charge in [-0.3, -0.25) is 14.0 Å². The highest BCUT2D eigenvalue weighted by Crippen LogP contribution is 2.21. The van der Waals surface area contributed by atoms with Crippen LogP contribution in [0, 0.1) is 6.92 Å². The molecule has 1 N–H and O–H groups in total. The number of rotatable bonds is 7. The van der Waals surface area contributed by atoms with Crippen LogP contribution >= 0.6 is 0 Å². The van der Waals surface area contributed by atoms with E-state index in [1.54, 1.807) is 55.3 Å². The van der Waals surface area contributed by atoms with Crippen molar-refractivity contribution in [2.45, 2.75) is 19.9 Å². The Balaban J connectivity index is 1.82. The molecule has 0 aliphatic heterocycles. The molecule has 8 heteroatoms. The minimum atomic E-state index is -0.314. The van der Waals surface area contributed by atoms with E-state index in [9.17, 15) is 9.59 Å². The zero-order valence-electron chi connectivity index (χ0n) is 17.7. The molecule has 0 atom stereocenters. The summed E-state index contributed by atoms with van der Waals surface area (Å²) in [6, 6.07) is 12.4. The third kappa shape index (κ3) is 3.89. The standard InChI is InChI=1S/C23H24N4O4/c1-15-6-4-11-27-20(15)25-21-18(23(27)29)14-19(26(21)12-5-13-30-2)22(28)24-16-7-9-17(31-3)10-8-16/h4,6-11,14H,5,12-13H2,1-3H3,(H,24,28). The largest absolute Gasteiger partial charge is 0.497 e. The van der Waals surface area contributed by atoms with Crippen molar-refractivity contribution >= 4 is 28.3 Å². The van der Waals surface area contributed by atoms with Crippen molar-refractivity contribution in [3.8, 4) is 5.75 Å². The topological polar surface area (TPSA) is 86.9 Å². The Hall–Kier alpha value is -3.65. The fourth-order valence-electron chi connectivity index (χ4n) is 3.61. The number of aromatic nitrogens is 3. The van der Waals surface area contributed by atoms with E-state index in [1.165, 1.54) is 4.40 Å². The van der Waals surface area contributed by atoms with Crippen LogP contribution in [0.5, 0.6) is 5.75 Å². The number of methoxy groups -OCH3 is 2. The summed E-state index contributed by atoms with van der Waals surface area (Å²) >= 11 is 0. The average Bonchev–Trinajstić information content (AvgIpc) is 3.14. The monoisotopic (exact) mass is 420 g/mol. The van der Waals surface area contributed by atoms with Crippen molar-refractivity contribution in [3.63, 3.8) is 0 Å². The molecule has 160 valence electrons. The molecular formula is C23H24N4O4. The van der Waals surface area contributed by atoms with Gasteiger partial charge in [-0.15, -0.1) is 0 Å². The van der Waals surface area contributed by atoms with Gasteiger partial charge in [-0.1, -0.05) is 6.07 Å². The number of benzene rings is 1. The van der Waals surface area contributed by atoms with Crippen LogP contribution in [0.25, 0.3) is 16.7 Å². The minimum absolute atomic E-state index is 0.201. The van der Waals surface area contributed by atoms with Gasteiger partial charge in [0, 0.05) is 32.1 Å². The van der Waals surface area contributed by atoms with Crippen molar-refractivity contribution in [2.24, 2.45) is 0 Å². The number of nitrogens with zero attached hydrogens (tertiary/aromatic N) is 3. The molecular weight excluding hydrogens is 396 g/mol. The molecule has 31 heavy (non-hydrogen) atoms. The third-order valence-corrected chi connectivity index (χ3v) is 5.20. The summed E-state index contributed by atoms with van der Waals surface area (Å²) in [6.45, 7) is 2.94. The van der Waals surface area contributed by atoms with Crippen LogP contribution in [-0.4, -0.2) is 40.7 Å². The highest BCUT2D eigenvalue weighted by Gasteiger charge is 2.20. The molecule has 0 unspecified atom stereocenters. The van der Waals surface area contributed by atoms with Crippen LogP contribution in [0.3, 0.4) is 0 Å². The van der Waals surface area contributed by atoms with Gasteiger partial charge in [0.15, 0.2) is 0 Å². The lowest BCUT2D eigenvalue weighted by atomic mass is 10.2. The molecule has 1 aromatic carbocycles. The van der Waals surface area contributed by atoms with Gasteiger partial charge in [-0.25, -0.2) is 4.98 Å². The molecule has 0 saturated carbocycles. The molecule has 0 radical (unpaired) electrons. The van der Waals surface area contributed by atoms with Crippen molar-refractivity contribution in [3.05, 3.63) is 70.3 Å². The van der Waals surface area contributed by atoms with Crippen molar-refractivity contribution in [1.82, 2.24) is 14.0 Å². The van der Waals surface area contributed by atoms with Crippen LogP contribution < -0.4 is 15.6 Å². The van der Waals surface area contributed by atoms with Gasteiger partial charge in [-0.2, -0.15) is 0 Å². The molecule has 3 heterocycles. The molecule has 0 aliphatic rings. The molecule has 0 aliphatic carbocycles. The summed E-state index contributed by atoms with van der Waals surface area (Å²) < 4.78 is 13.6. The summed E-state index contributed by atoms with van der Waals surface area (Å²) in [4.78, 5) is 31.0. The van der Waals surface area contributed by atoms with E-state index >= 15 is 0 Å². The molecule has 4 rings (SSSR count). The van der Waals surface area contributed by atoms with Crippen LogP contribution in [0.15, 0.2) is 53.5 Å². The number of carbonyl (C=O) groups excluding carboxylic acids is 1. The first-order valence-corrected chi connectivity index (χ1v) is 9.99. The van der Waals surface area contributed by atoms with Gasteiger partial charge in [0.1, 0.15) is 22.7 Å². The Bertz CT molecular complexity index is 1310. The van der Waals surface area contributed by atoms with Gasteiger partial charge >= 0.3 is 0 Å². The first-order valence-electron chi connectivity index (χ1n) is 9.99. The first-order chi connectivity index (χ1) is 15.0. The summed E-state index contributed by atoms with van der Waals surface area (Å²) in [5, 5.41) is 3.29. The second-order valence-electron chi connectivity index (χ2n) is 7.25. The minimum Gasteiger partial charge on any atom is -0.497 e. The van der Waals surface area contributed by atoms with E-state index in [4.69, 9.17) is 14.5 Å². The van der Waals surface area contributed by atoms with E-state index in [2.05, 4.69) is 5.32 Å². The zero-order valence-corrected chi connectivity index (χ0v) is 17.7. The number of hydrogen-bond acceptors (Lipinski definition) is 5. The Labute approximate surface area is 179 Å². The predicted molar refractivity (Wildman–Crippen MR) is 119 cm³/mol. The second kappa shape index (κ2) is 8.61. The van der Waals surface area contributed by atoms with Crippen molar-refractivity contribution in [1.29, 1.82) is 0 Å². The van der Waals surface area contributed by atoms with Crippen molar-refractivity contribution in [2.75, 3.05) is 26.1 Å². The van der Waals surface area contributed by atoms with Crippen LogP contribution in [0.2, 0.25) is 0 Å². The molecule has 3 aromatic heterocycles. The smallest absolute Gasteiger partial charge is 0.272 e. The summed E-state index contributed by atoms with van der Waals surface area (Å²) in [7, 11) is 3.22. The predicted octanol–water partition coefficient (Wildman–Crippen LogP) is 3.26. The number of aryl methyl sites for hydroxylation is 2. The molecule has 4 aromatic rings. The lowest BCUT2D eigenvalue weighted by Gasteiger charge is -2.11. The van der Waals surface area contributed by atoms with Crippen molar-refractivity contribution < 1.29 is 14.3 Å². The molecule has 0 saturated heterocycles. The summed E-state index contributed by atoms with van der Waals surface area (Å²) in [5.41, 5.74) is 2.76. The maximum Gasteiger partial charge on any atom is 0.272 e. The molecule has 0 spiro atoms. The Morgan fingerprint density at radius 2 is 1.90 bits per heavy atom. The van der Waals surface area contributed by atoms with E-state index in [1.807, 2.05) is 19.1 Å². The number of amides is 1. The lowest BCUT2D eigenvalue weighted by molar-refractivity contribution is 0.101. The molecule has 8 nitrogen and oxygen atoms in total. The maximum absolute atomic E-state index is 13.1.